The minimum atomic E-state index is 0. The summed E-state index contributed by atoms with van der Waals surface area (Å²) in [5, 5.41) is 0. The lowest BCUT2D eigenvalue weighted by atomic mass is 9.95. The predicted molar refractivity (Wildman–Crippen MR) is 30.2 cm³/mol. The van der Waals surface area contributed by atoms with Crippen molar-refractivity contribution in [1.82, 2.24) is 0 Å². The van der Waals surface area contributed by atoms with Crippen molar-refractivity contribution in [2.45, 2.75) is 31.7 Å². The van der Waals surface area contributed by atoms with Crippen LogP contribution in [0.5, 0.6) is 0 Å². The SMILES string of the molecule is [I-].[NH3+]C1CCC(=O)CC1. The summed E-state index contributed by atoms with van der Waals surface area (Å²) in [6.07, 6.45) is 3.57. The quantitative estimate of drug-likeness (QED) is 0.445. The molecule has 3 N–H and O–H groups in total. The number of rotatable bonds is 0. The van der Waals surface area contributed by atoms with Crippen LogP contribution >= 0.6 is 0 Å². The van der Waals surface area contributed by atoms with E-state index in [-0.39, 0.29) is 24.0 Å². The summed E-state index contributed by atoms with van der Waals surface area (Å²) in [7, 11) is 0. The molecule has 0 aromatic rings. The first kappa shape index (κ1) is 9.36. The first-order valence-corrected chi connectivity index (χ1v) is 3.14. The summed E-state index contributed by atoms with van der Waals surface area (Å²) in [4.78, 5) is 10.6. The Morgan fingerprint density at radius 3 is 2.11 bits per heavy atom. The molecule has 3 heteroatoms. The van der Waals surface area contributed by atoms with Crippen LogP contribution in [-0.4, -0.2) is 11.8 Å². The van der Waals surface area contributed by atoms with E-state index < -0.39 is 0 Å². The van der Waals surface area contributed by atoms with Gasteiger partial charge in [0.25, 0.3) is 0 Å². The lowest BCUT2D eigenvalue weighted by Crippen LogP contribution is -3.00. The summed E-state index contributed by atoms with van der Waals surface area (Å²) in [6, 6.07) is 0.549. The molecule has 0 heterocycles. The van der Waals surface area contributed by atoms with Crippen LogP contribution in [0.3, 0.4) is 0 Å². The highest BCUT2D eigenvalue weighted by atomic mass is 127. The molecule has 0 amide bonds. The van der Waals surface area contributed by atoms with Gasteiger partial charge >= 0.3 is 0 Å². The zero-order chi connectivity index (χ0) is 5.98. The molecule has 0 unspecified atom stereocenters. The molecule has 0 aromatic carbocycles. The van der Waals surface area contributed by atoms with Crippen LogP contribution in [0.1, 0.15) is 25.7 Å². The second kappa shape index (κ2) is 4.22. The minimum absolute atomic E-state index is 0. The van der Waals surface area contributed by atoms with Gasteiger partial charge in [0.05, 0.1) is 6.04 Å². The van der Waals surface area contributed by atoms with Gasteiger partial charge in [0.1, 0.15) is 5.78 Å². The molecule has 54 valence electrons. The Balaban J connectivity index is 0.000000640. The lowest BCUT2D eigenvalue weighted by Gasteiger charge is -2.11. The summed E-state index contributed by atoms with van der Waals surface area (Å²) < 4.78 is 0. The van der Waals surface area contributed by atoms with Crippen LogP contribution in [0.15, 0.2) is 0 Å². The molecule has 0 saturated heterocycles. The largest absolute Gasteiger partial charge is 1.00 e. The van der Waals surface area contributed by atoms with Gasteiger partial charge < -0.3 is 29.7 Å². The van der Waals surface area contributed by atoms with Crippen molar-refractivity contribution in [1.29, 1.82) is 0 Å². The van der Waals surface area contributed by atoms with E-state index >= 15 is 0 Å². The molecular weight excluding hydrogens is 229 g/mol. The maximum Gasteiger partial charge on any atom is 0.133 e. The van der Waals surface area contributed by atoms with Gasteiger partial charge in [0, 0.05) is 25.7 Å². The molecule has 1 fully saturated rings. The van der Waals surface area contributed by atoms with Crippen LogP contribution in [0.2, 0.25) is 0 Å². The zero-order valence-electron chi connectivity index (χ0n) is 5.40. The van der Waals surface area contributed by atoms with Gasteiger partial charge in [-0.2, -0.15) is 0 Å². The number of halogens is 1. The molecule has 9 heavy (non-hydrogen) atoms. The van der Waals surface area contributed by atoms with Crippen LogP contribution in [0.4, 0.5) is 0 Å². The molecule has 1 saturated carbocycles. The third-order valence-corrected chi connectivity index (χ3v) is 1.66. The van der Waals surface area contributed by atoms with Crippen LogP contribution < -0.4 is 29.7 Å². The molecule has 0 aliphatic heterocycles. The van der Waals surface area contributed by atoms with Crippen molar-refractivity contribution in [3.63, 3.8) is 0 Å². The molecule has 0 aromatic heterocycles. The minimum Gasteiger partial charge on any atom is -1.00 e. The summed E-state index contributed by atoms with van der Waals surface area (Å²) in [5.41, 5.74) is 3.88. The van der Waals surface area contributed by atoms with E-state index in [9.17, 15) is 4.79 Å². The van der Waals surface area contributed by atoms with Crippen LogP contribution in [-0.2, 0) is 4.79 Å². The van der Waals surface area contributed by atoms with Gasteiger partial charge in [-0.05, 0) is 0 Å². The fraction of sp³-hybridized carbons (Fsp3) is 0.833. The maximum absolute atomic E-state index is 10.6. The third-order valence-electron chi connectivity index (χ3n) is 1.66. The zero-order valence-corrected chi connectivity index (χ0v) is 7.56. The van der Waals surface area contributed by atoms with Crippen molar-refractivity contribution in [3.8, 4) is 0 Å². The monoisotopic (exact) mass is 241 g/mol. The second-order valence-corrected chi connectivity index (χ2v) is 2.48. The van der Waals surface area contributed by atoms with E-state index in [0.717, 1.165) is 25.7 Å². The Labute approximate surface area is 72.2 Å². The summed E-state index contributed by atoms with van der Waals surface area (Å²) in [5.74, 6) is 0.421. The first-order valence-electron chi connectivity index (χ1n) is 3.14. The lowest BCUT2D eigenvalue weighted by molar-refractivity contribution is -0.423. The fourth-order valence-electron chi connectivity index (χ4n) is 1.000. The average Bonchev–Trinajstić information content (AvgIpc) is 1.77. The molecule has 1 aliphatic carbocycles. The van der Waals surface area contributed by atoms with Crippen LogP contribution in [0.25, 0.3) is 0 Å². The van der Waals surface area contributed by atoms with Gasteiger partial charge in [-0.1, -0.05) is 0 Å². The third kappa shape index (κ3) is 3.15. The average molecular weight is 241 g/mol. The smallest absolute Gasteiger partial charge is 0.133 e. The summed E-state index contributed by atoms with van der Waals surface area (Å²) >= 11 is 0. The van der Waals surface area contributed by atoms with Crippen molar-refractivity contribution >= 4 is 5.78 Å². The molecular formula is C6H12INO. The highest BCUT2D eigenvalue weighted by Crippen LogP contribution is 2.10. The molecule has 0 radical (unpaired) electrons. The van der Waals surface area contributed by atoms with Gasteiger partial charge in [-0.25, -0.2) is 0 Å². The van der Waals surface area contributed by atoms with Gasteiger partial charge in [-0.15, -0.1) is 0 Å². The second-order valence-electron chi connectivity index (χ2n) is 2.48. The van der Waals surface area contributed by atoms with E-state index in [0.29, 0.717) is 11.8 Å². The van der Waals surface area contributed by atoms with Gasteiger partial charge in [0.2, 0.25) is 0 Å². The maximum atomic E-state index is 10.6. The van der Waals surface area contributed by atoms with Crippen molar-refractivity contribution in [3.05, 3.63) is 0 Å². The topological polar surface area (TPSA) is 44.7 Å². The van der Waals surface area contributed by atoms with E-state index in [4.69, 9.17) is 0 Å². The molecule has 1 rings (SSSR count). The van der Waals surface area contributed by atoms with E-state index in [1.54, 1.807) is 0 Å². The number of carbonyl (C=O) groups is 1. The number of hydrogen-bond donors (Lipinski definition) is 1. The normalized spacial score (nSPS) is 21.2. The predicted octanol–water partition coefficient (Wildman–Crippen LogP) is -3.26. The molecule has 0 spiro atoms. The fourth-order valence-corrected chi connectivity index (χ4v) is 1.000. The number of hydrogen-bond acceptors (Lipinski definition) is 1. The molecule has 0 bridgehead atoms. The van der Waals surface area contributed by atoms with Crippen molar-refractivity contribution in [2.75, 3.05) is 0 Å². The number of Topliss-reactive ketones (excluding diaryl/α,β-unsaturated/α-hetero) is 1. The van der Waals surface area contributed by atoms with Crippen molar-refractivity contribution < 1.29 is 34.5 Å². The van der Waals surface area contributed by atoms with Gasteiger partial charge in [0.15, 0.2) is 0 Å². The number of quaternary nitrogens is 1. The molecule has 1 aliphatic rings. The Morgan fingerprint density at radius 2 is 1.78 bits per heavy atom. The summed E-state index contributed by atoms with van der Waals surface area (Å²) in [6.45, 7) is 0. The first-order chi connectivity index (χ1) is 3.79. The van der Waals surface area contributed by atoms with Gasteiger partial charge in [-0.3, -0.25) is 4.79 Å². The highest BCUT2D eigenvalue weighted by Gasteiger charge is 2.16. The number of carbonyl (C=O) groups excluding carboxylic acids is 1. The highest BCUT2D eigenvalue weighted by molar-refractivity contribution is 5.79. The van der Waals surface area contributed by atoms with Crippen molar-refractivity contribution in [2.24, 2.45) is 0 Å². The Bertz CT molecular complexity index is 95.2. The number of ketones is 1. The Morgan fingerprint density at radius 1 is 1.33 bits per heavy atom. The Kier molecular flexibility index (Phi) is 4.39. The Hall–Kier alpha value is 0.360. The van der Waals surface area contributed by atoms with Crippen LogP contribution in [0, 0.1) is 0 Å². The van der Waals surface area contributed by atoms with E-state index in [1.807, 2.05) is 0 Å². The standard InChI is InChI=1S/C6H11NO.HI/c7-5-1-3-6(8)4-2-5;/h5H,1-4,7H2;1H. The molecule has 2 nitrogen and oxygen atoms in total. The van der Waals surface area contributed by atoms with E-state index in [2.05, 4.69) is 5.73 Å². The molecule has 0 atom stereocenters. The van der Waals surface area contributed by atoms with E-state index in [1.165, 1.54) is 0 Å².